The molecule has 0 aliphatic heterocycles. The molecule has 0 fully saturated rings. The number of hydrogen-bond acceptors (Lipinski definition) is 6. The minimum atomic E-state index is -4.52. The fourth-order valence-electron chi connectivity index (χ4n) is 3.32. The Labute approximate surface area is 197 Å². The van der Waals surface area contributed by atoms with E-state index in [1.165, 1.54) is 77.1 Å². The van der Waals surface area contributed by atoms with Gasteiger partial charge in [-0.05, 0) is 30.3 Å². The third-order valence-electron chi connectivity index (χ3n) is 5.00. The molecule has 35 heavy (non-hydrogen) atoms. The molecule has 0 radical (unpaired) electrons. The van der Waals surface area contributed by atoms with E-state index in [4.69, 9.17) is 9.47 Å². The highest BCUT2D eigenvalue weighted by Crippen LogP contribution is 2.36. The molecule has 0 atom stereocenters. The summed E-state index contributed by atoms with van der Waals surface area (Å²) in [6.45, 7) is -1.48. The summed E-state index contributed by atoms with van der Waals surface area (Å²) in [4.78, 5) is 16.1. The lowest BCUT2D eigenvalue weighted by atomic mass is 10.2. The number of rotatable bonds is 7. The molecular weight excluding hydrogens is 489 g/mol. The molecule has 0 unspecified atom stereocenters. The van der Waals surface area contributed by atoms with Gasteiger partial charge in [-0.1, -0.05) is 6.07 Å². The van der Waals surface area contributed by atoms with Crippen LogP contribution in [-0.2, 0) is 24.1 Å². The zero-order valence-corrected chi connectivity index (χ0v) is 19.2. The summed E-state index contributed by atoms with van der Waals surface area (Å²) in [5.41, 5.74) is 0.530. The average Bonchev–Trinajstić information content (AvgIpc) is 3.01. The van der Waals surface area contributed by atoms with Gasteiger partial charge in [-0.3, -0.25) is 18.8 Å². The van der Waals surface area contributed by atoms with Crippen LogP contribution < -0.4 is 19.9 Å². The van der Waals surface area contributed by atoms with Gasteiger partial charge >= 0.3 is 11.9 Å². The maximum Gasteiger partial charge on any atom is 0.422 e. The molecule has 9 nitrogen and oxygen atoms in total. The highest BCUT2D eigenvalue weighted by atomic mass is 32.2. The average molecular weight is 508 g/mol. The van der Waals surface area contributed by atoms with E-state index in [2.05, 4.69) is 9.71 Å². The van der Waals surface area contributed by atoms with Gasteiger partial charge in [0.25, 0.3) is 10.0 Å². The molecule has 0 aliphatic carbocycles. The Bertz CT molecular complexity index is 1550. The predicted octanol–water partition coefficient (Wildman–Crippen LogP) is 3.81. The largest absolute Gasteiger partial charge is 0.484 e. The molecule has 13 heteroatoms. The second kappa shape index (κ2) is 8.98. The number of aromatic nitrogens is 3. The zero-order valence-electron chi connectivity index (χ0n) is 18.4. The standard InChI is InChI=1S/C22H19F3N4O5S/c1-28-18-10-17(27-35(31,32)16-7-4-8-26-12-16)20(11-19(18)29(2)21(28)30)34-15-6-3-5-14(9-15)33-13-22(23,24)25/h3-12,27H,13H2,1-2H3. The summed E-state index contributed by atoms with van der Waals surface area (Å²) in [6, 6.07) is 11.2. The van der Waals surface area contributed by atoms with Crippen LogP contribution >= 0.6 is 0 Å². The Morgan fingerprint density at radius 3 is 2.34 bits per heavy atom. The highest BCUT2D eigenvalue weighted by Gasteiger charge is 2.28. The highest BCUT2D eigenvalue weighted by molar-refractivity contribution is 7.92. The van der Waals surface area contributed by atoms with E-state index in [9.17, 15) is 26.4 Å². The number of nitrogens with one attached hydrogen (secondary N) is 1. The van der Waals surface area contributed by atoms with Crippen molar-refractivity contribution in [2.24, 2.45) is 14.1 Å². The van der Waals surface area contributed by atoms with Crippen LogP contribution in [0.4, 0.5) is 18.9 Å². The van der Waals surface area contributed by atoms with Crippen LogP contribution in [0, 0.1) is 0 Å². The third-order valence-corrected chi connectivity index (χ3v) is 6.35. The van der Waals surface area contributed by atoms with Crippen LogP contribution in [0.15, 0.2) is 70.6 Å². The summed E-state index contributed by atoms with van der Waals surface area (Å²) < 4.78 is 79.1. The summed E-state index contributed by atoms with van der Waals surface area (Å²) >= 11 is 0. The molecule has 0 saturated carbocycles. The number of nitrogens with zero attached hydrogens (tertiary/aromatic N) is 3. The van der Waals surface area contributed by atoms with Crippen molar-refractivity contribution in [1.82, 2.24) is 14.1 Å². The van der Waals surface area contributed by atoms with Crippen LogP contribution in [-0.4, -0.2) is 35.3 Å². The lowest BCUT2D eigenvalue weighted by Crippen LogP contribution is -2.19. The molecule has 2 aromatic carbocycles. The first-order valence-electron chi connectivity index (χ1n) is 10.0. The fraction of sp³-hybridized carbons (Fsp3) is 0.182. The van der Waals surface area contributed by atoms with E-state index in [1.807, 2.05) is 0 Å². The van der Waals surface area contributed by atoms with E-state index in [-0.39, 0.29) is 33.5 Å². The normalized spacial score (nSPS) is 12.0. The number of ether oxygens (including phenoxy) is 2. The molecule has 0 saturated heterocycles. The molecule has 2 aromatic heterocycles. The van der Waals surface area contributed by atoms with Crippen LogP contribution in [0.3, 0.4) is 0 Å². The summed E-state index contributed by atoms with van der Waals surface area (Å²) in [5.74, 6) is 0.0106. The summed E-state index contributed by atoms with van der Waals surface area (Å²) in [6.07, 6.45) is -1.92. The Balaban J connectivity index is 1.76. The molecule has 0 aliphatic rings. The van der Waals surface area contributed by atoms with Gasteiger partial charge in [0.15, 0.2) is 12.4 Å². The van der Waals surface area contributed by atoms with Gasteiger partial charge in [0.1, 0.15) is 16.4 Å². The van der Waals surface area contributed by atoms with Gasteiger partial charge < -0.3 is 9.47 Å². The van der Waals surface area contributed by atoms with Gasteiger partial charge in [0, 0.05) is 38.6 Å². The molecular formula is C22H19F3N4O5S. The first kappa shape index (κ1) is 24.1. The number of benzene rings is 2. The van der Waals surface area contributed by atoms with Gasteiger partial charge in [0.2, 0.25) is 0 Å². The molecule has 184 valence electrons. The SMILES string of the molecule is Cn1c(=O)n(C)c2cc(Oc3cccc(OCC(F)(F)F)c3)c(NS(=O)(=O)c3cccnc3)cc21. The maximum atomic E-state index is 12.9. The third kappa shape index (κ3) is 5.24. The zero-order chi connectivity index (χ0) is 25.4. The smallest absolute Gasteiger partial charge is 0.422 e. The van der Waals surface area contributed by atoms with Crippen molar-refractivity contribution < 1.29 is 31.1 Å². The maximum absolute atomic E-state index is 12.9. The van der Waals surface area contributed by atoms with Crippen molar-refractivity contribution >= 4 is 26.7 Å². The number of pyridine rings is 1. The van der Waals surface area contributed by atoms with Crippen LogP contribution in [0.1, 0.15) is 0 Å². The van der Waals surface area contributed by atoms with Crippen LogP contribution in [0.2, 0.25) is 0 Å². The minimum absolute atomic E-state index is 0.00386. The Morgan fingerprint density at radius 2 is 1.69 bits per heavy atom. The Hall–Kier alpha value is -4.00. The Morgan fingerprint density at radius 1 is 1.00 bits per heavy atom. The van der Waals surface area contributed by atoms with Gasteiger partial charge in [-0.15, -0.1) is 0 Å². The van der Waals surface area contributed by atoms with Gasteiger partial charge in [-0.25, -0.2) is 13.2 Å². The molecule has 0 amide bonds. The van der Waals surface area contributed by atoms with E-state index in [1.54, 1.807) is 7.05 Å². The molecule has 2 heterocycles. The van der Waals surface area contributed by atoms with E-state index in [0.717, 1.165) is 0 Å². The first-order chi connectivity index (χ1) is 16.4. The number of alkyl halides is 3. The Kier molecular flexibility index (Phi) is 6.19. The van der Waals surface area contributed by atoms with Crippen molar-refractivity contribution in [3.05, 3.63) is 71.4 Å². The summed E-state index contributed by atoms with van der Waals surface area (Å²) in [5, 5.41) is 0. The van der Waals surface area contributed by atoms with Crippen molar-refractivity contribution in [2.75, 3.05) is 11.3 Å². The molecule has 1 N–H and O–H groups in total. The number of hydrogen-bond donors (Lipinski definition) is 1. The lowest BCUT2D eigenvalue weighted by molar-refractivity contribution is -0.153. The number of aryl methyl sites for hydroxylation is 2. The second-order valence-corrected chi connectivity index (χ2v) is 9.20. The first-order valence-corrected chi connectivity index (χ1v) is 11.5. The van der Waals surface area contributed by atoms with Crippen molar-refractivity contribution in [1.29, 1.82) is 0 Å². The predicted molar refractivity (Wildman–Crippen MR) is 121 cm³/mol. The van der Waals surface area contributed by atoms with E-state index < -0.39 is 22.8 Å². The molecule has 4 aromatic rings. The number of anilines is 1. The fourth-order valence-corrected chi connectivity index (χ4v) is 4.34. The lowest BCUT2D eigenvalue weighted by Gasteiger charge is -2.15. The molecule has 4 rings (SSSR count). The van der Waals surface area contributed by atoms with Crippen molar-refractivity contribution in [3.63, 3.8) is 0 Å². The van der Waals surface area contributed by atoms with E-state index in [0.29, 0.717) is 11.0 Å². The van der Waals surface area contributed by atoms with Crippen LogP contribution in [0.25, 0.3) is 11.0 Å². The molecule has 0 spiro atoms. The second-order valence-electron chi connectivity index (χ2n) is 7.51. The number of imidazole rings is 1. The monoisotopic (exact) mass is 508 g/mol. The number of fused-ring (bicyclic) bond motifs is 1. The quantitative estimate of drug-likeness (QED) is 0.407. The van der Waals surface area contributed by atoms with Crippen molar-refractivity contribution in [2.45, 2.75) is 11.1 Å². The van der Waals surface area contributed by atoms with Crippen LogP contribution in [0.5, 0.6) is 17.2 Å². The summed E-state index contributed by atoms with van der Waals surface area (Å²) in [7, 11) is -1.01. The van der Waals surface area contributed by atoms with Gasteiger partial charge in [-0.2, -0.15) is 13.2 Å². The topological polar surface area (TPSA) is 104 Å². The number of sulfonamides is 1. The minimum Gasteiger partial charge on any atom is -0.484 e. The molecule has 0 bridgehead atoms. The number of halogens is 3. The van der Waals surface area contributed by atoms with Crippen molar-refractivity contribution in [3.8, 4) is 17.2 Å². The van der Waals surface area contributed by atoms with E-state index >= 15 is 0 Å². The van der Waals surface area contributed by atoms with Gasteiger partial charge in [0.05, 0.1) is 16.7 Å².